The highest BCUT2D eigenvalue weighted by Gasteiger charge is 2.27. The molecule has 232 valence electrons. The molecule has 2 heterocycles. The molecule has 0 saturated carbocycles. The Morgan fingerprint density at radius 2 is 1.24 bits per heavy atom. The number of anilines is 4. The SMILES string of the molecule is c1ccc(C2Nc3ccc4ccc5c(N(c6ccccc6)c6cccc(-c7cccc8c7oc7ccccc78)c6)cccc5c4c3O2)cc1. The monoisotopic (exact) mass is 630 g/mol. The molecule has 0 spiro atoms. The fourth-order valence-electron chi connectivity index (χ4n) is 7.42. The lowest BCUT2D eigenvalue weighted by atomic mass is 9.98. The van der Waals surface area contributed by atoms with Crippen molar-refractivity contribution in [3.05, 3.63) is 175 Å². The minimum atomic E-state index is -0.236. The van der Waals surface area contributed by atoms with Crippen molar-refractivity contribution in [2.75, 3.05) is 10.2 Å². The van der Waals surface area contributed by atoms with E-state index >= 15 is 0 Å². The van der Waals surface area contributed by atoms with E-state index in [1.165, 1.54) is 0 Å². The fraction of sp³-hybridized carbons (Fsp3) is 0.0222. The van der Waals surface area contributed by atoms with Gasteiger partial charge in [-0.25, -0.2) is 0 Å². The van der Waals surface area contributed by atoms with Crippen molar-refractivity contribution in [1.29, 1.82) is 0 Å². The molecule has 0 saturated heterocycles. The molecule has 1 N–H and O–H groups in total. The summed E-state index contributed by atoms with van der Waals surface area (Å²) in [7, 11) is 0. The maximum Gasteiger partial charge on any atom is 0.196 e. The summed E-state index contributed by atoms with van der Waals surface area (Å²) in [5.74, 6) is 0.890. The molecule has 49 heavy (non-hydrogen) atoms. The van der Waals surface area contributed by atoms with Crippen molar-refractivity contribution in [3.8, 4) is 16.9 Å². The molecule has 1 aliphatic rings. The maximum atomic E-state index is 6.67. The lowest BCUT2D eigenvalue weighted by Gasteiger charge is -2.27. The van der Waals surface area contributed by atoms with E-state index in [4.69, 9.17) is 9.15 Å². The summed E-state index contributed by atoms with van der Waals surface area (Å²) >= 11 is 0. The average molecular weight is 631 g/mol. The third-order valence-electron chi connectivity index (χ3n) is 9.67. The Morgan fingerprint density at radius 3 is 2.14 bits per heavy atom. The molecule has 4 nitrogen and oxygen atoms in total. The summed E-state index contributed by atoms with van der Waals surface area (Å²) in [4.78, 5) is 2.35. The third-order valence-corrected chi connectivity index (χ3v) is 9.67. The molecule has 9 aromatic rings. The van der Waals surface area contributed by atoms with Gasteiger partial charge in [-0.2, -0.15) is 0 Å². The van der Waals surface area contributed by atoms with E-state index in [0.717, 1.165) is 88.7 Å². The second kappa shape index (κ2) is 11.0. The molecule has 8 aromatic carbocycles. The van der Waals surface area contributed by atoms with Crippen LogP contribution in [-0.4, -0.2) is 0 Å². The zero-order valence-electron chi connectivity index (χ0n) is 26.5. The van der Waals surface area contributed by atoms with Crippen molar-refractivity contribution in [1.82, 2.24) is 0 Å². The highest BCUT2D eigenvalue weighted by atomic mass is 16.5. The van der Waals surface area contributed by atoms with Crippen LogP contribution in [0.3, 0.4) is 0 Å². The predicted octanol–water partition coefficient (Wildman–Crippen LogP) is 12.5. The van der Waals surface area contributed by atoms with E-state index in [2.05, 4.69) is 150 Å². The van der Waals surface area contributed by atoms with E-state index in [1.54, 1.807) is 0 Å². The smallest absolute Gasteiger partial charge is 0.196 e. The highest BCUT2D eigenvalue weighted by molar-refractivity contribution is 6.17. The topological polar surface area (TPSA) is 37.6 Å². The number of fused-ring (bicyclic) bond motifs is 8. The van der Waals surface area contributed by atoms with Crippen LogP contribution < -0.4 is 15.0 Å². The molecule has 0 fully saturated rings. The molecule has 10 rings (SSSR count). The molecule has 1 aromatic heterocycles. The van der Waals surface area contributed by atoms with Gasteiger partial charge in [-0.3, -0.25) is 0 Å². The normalized spacial score (nSPS) is 13.8. The first-order valence-electron chi connectivity index (χ1n) is 16.6. The van der Waals surface area contributed by atoms with Gasteiger partial charge in [0.05, 0.1) is 11.4 Å². The van der Waals surface area contributed by atoms with Crippen LogP contribution in [0.15, 0.2) is 174 Å². The number of hydrogen-bond donors (Lipinski definition) is 1. The van der Waals surface area contributed by atoms with E-state index in [-0.39, 0.29) is 6.23 Å². The number of para-hydroxylation sites is 3. The molecule has 4 heteroatoms. The van der Waals surface area contributed by atoms with Crippen molar-refractivity contribution in [3.63, 3.8) is 0 Å². The second-order valence-corrected chi connectivity index (χ2v) is 12.5. The van der Waals surface area contributed by atoms with Gasteiger partial charge in [0.25, 0.3) is 0 Å². The van der Waals surface area contributed by atoms with E-state index in [9.17, 15) is 0 Å². The number of benzene rings is 8. The van der Waals surface area contributed by atoms with Crippen LogP contribution >= 0.6 is 0 Å². The Hall–Kier alpha value is -6.52. The molecule has 0 bridgehead atoms. The Bertz CT molecular complexity index is 2680. The molecular formula is C45H30N2O2. The Labute approximate surface area is 283 Å². The first kappa shape index (κ1) is 27.6. The average Bonchev–Trinajstić information content (AvgIpc) is 3.78. The van der Waals surface area contributed by atoms with Gasteiger partial charge < -0.3 is 19.4 Å². The number of rotatable bonds is 5. The lowest BCUT2D eigenvalue weighted by molar-refractivity contribution is 0.263. The van der Waals surface area contributed by atoms with Crippen LogP contribution in [0.5, 0.6) is 5.75 Å². The predicted molar refractivity (Wildman–Crippen MR) is 202 cm³/mol. The number of ether oxygens (including phenoxy) is 1. The largest absolute Gasteiger partial charge is 0.464 e. The first-order valence-corrected chi connectivity index (χ1v) is 16.6. The zero-order valence-corrected chi connectivity index (χ0v) is 26.5. The van der Waals surface area contributed by atoms with Crippen molar-refractivity contribution >= 4 is 66.2 Å². The van der Waals surface area contributed by atoms with Gasteiger partial charge >= 0.3 is 0 Å². The summed E-state index contributed by atoms with van der Waals surface area (Å²) in [6.45, 7) is 0. The lowest BCUT2D eigenvalue weighted by Crippen LogP contribution is -2.10. The fourth-order valence-corrected chi connectivity index (χ4v) is 7.42. The van der Waals surface area contributed by atoms with Gasteiger partial charge in [0.1, 0.15) is 11.2 Å². The van der Waals surface area contributed by atoms with Gasteiger partial charge in [0.2, 0.25) is 0 Å². The first-order chi connectivity index (χ1) is 24.3. The summed E-state index contributed by atoms with van der Waals surface area (Å²) in [5.41, 5.74) is 9.30. The van der Waals surface area contributed by atoms with E-state index < -0.39 is 0 Å². The second-order valence-electron chi connectivity index (χ2n) is 12.5. The van der Waals surface area contributed by atoms with Gasteiger partial charge in [0, 0.05) is 44.0 Å². The summed E-state index contributed by atoms with van der Waals surface area (Å²) in [5, 5.41) is 10.4. The minimum absolute atomic E-state index is 0.236. The standard InChI is InChI=1S/C45H30N2O2/c1-3-12-30(13-4-1)45-46-39-27-25-29-24-26-35-37(42(29)44(39)49-45)20-11-22-40(35)47(32-15-5-2-6-16-32)33-17-9-14-31(28-33)34-19-10-21-38-36-18-7-8-23-41(36)48-43(34)38/h1-28,45-46H. The van der Waals surface area contributed by atoms with Crippen LogP contribution in [0.2, 0.25) is 0 Å². The molecule has 1 atom stereocenters. The zero-order chi connectivity index (χ0) is 32.3. The van der Waals surface area contributed by atoms with Crippen LogP contribution in [0.25, 0.3) is 54.6 Å². The highest BCUT2D eigenvalue weighted by Crippen LogP contribution is 2.48. The Morgan fingerprint density at radius 1 is 0.531 bits per heavy atom. The molecular weight excluding hydrogens is 601 g/mol. The van der Waals surface area contributed by atoms with Crippen LogP contribution in [0.4, 0.5) is 22.7 Å². The summed E-state index contributed by atoms with van der Waals surface area (Å²) in [6.07, 6.45) is -0.236. The quantitative estimate of drug-likeness (QED) is 0.192. The van der Waals surface area contributed by atoms with Crippen LogP contribution in [0.1, 0.15) is 11.8 Å². The molecule has 0 amide bonds. The maximum absolute atomic E-state index is 6.67. The Kier molecular flexibility index (Phi) is 6.21. The molecule has 0 aliphatic carbocycles. The van der Waals surface area contributed by atoms with Gasteiger partial charge in [0.15, 0.2) is 12.0 Å². The Balaban J connectivity index is 1.15. The number of furan rings is 1. The summed E-state index contributed by atoms with van der Waals surface area (Å²) in [6, 6.07) is 59.7. The van der Waals surface area contributed by atoms with E-state index in [1.807, 2.05) is 30.3 Å². The molecule has 0 radical (unpaired) electrons. The molecule has 1 aliphatic heterocycles. The minimum Gasteiger partial charge on any atom is -0.464 e. The van der Waals surface area contributed by atoms with Gasteiger partial charge in [-0.1, -0.05) is 127 Å². The van der Waals surface area contributed by atoms with E-state index in [0.29, 0.717) is 0 Å². The van der Waals surface area contributed by atoms with Gasteiger partial charge in [-0.15, -0.1) is 0 Å². The third kappa shape index (κ3) is 4.45. The molecule has 1 unspecified atom stereocenters. The van der Waals surface area contributed by atoms with Crippen molar-refractivity contribution in [2.24, 2.45) is 0 Å². The van der Waals surface area contributed by atoms with Gasteiger partial charge in [-0.05, 0) is 58.8 Å². The number of hydrogen-bond acceptors (Lipinski definition) is 4. The summed E-state index contributed by atoms with van der Waals surface area (Å²) < 4.78 is 13.1. The number of nitrogens with zero attached hydrogens (tertiary/aromatic N) is 1. The number of nitrogens with one attached hydrogen (secondary N) is 1. The van der Waals surface area contributed by atoms with Crippen molar-refractivity contribution in [2.45, 2.75) is 6.23 Å². The van der Waals surface area contributed by atoms with Crippen molar-refractivity contribution < 1.29 is 9.15 Å². The van der Waals surface area contributed by atoms with Crippen LogP contribution in [-0.2, 0) is 0 Å². The van der Waals surface area contributed by atoms with Crippen LogP contribution in [0, 0.1) is 0 Å².